The van der Waals surface area contributed by atoms with Gasteiger partial charge in [-0.3, -0.25) is 9.69 Å². The van der Waals surface area contributed by atoms with Crippen LogP contribution in [0.5, 0.6) is 0 Å². The van der Waals surface area contributed by atoms with Crippen LogP contribution in [0.25, 0.3) is 0 Å². The second-order valence-electron chi connectivity index (χ2n) is 4.75. The fourth-order valence-corrected chi connectivity index (χ4v) is 2.20. The summed E-state index contributed by atoms with van der Waals surface area (Å²) >= 11 is 0. The summed E-state index contributed by atoms with van der Waals surface area (Å²) in [6, 6.07) is 0. The number of carbonyl (C=O) groups excluding carboxylic acids is 1. The Bertz CT molecular complexity index is 249. The van der Waals surface area contributed by atoms with Crippen molar-refractivity contribution in [2.45, 2.75) is 12.5 Å². The summed E-state index contributed by atoms with van der Waals surface area (Å²) in [7, 11) is 0. The number of rotatable bonds is 4. The first kappa shape index (κ1) is 13.7. The van der Waals surface area contributed by atoms with E-state index in [9.17, 15) is 4.79 Å². The van der Waals surface area contributed by atoms with Gasteiger partial charge in [0.1, 0.15) is 0 Å². The van der Waals surface area contributed by atoms with Crippen LogP contribution in [0.3, 0.4) is 0 Å². The van der Waals surface area contributed by atoms with Gasteiger partial charge in [-0.2, -0.15) is 0 Å². The van der Waals surface area contributed by atoms with E-state index >= 15 is 0 Å². The lowest BCUT2D eigenvalue weighted by molar-refractivity contribution is -0.125. The molecule has 2 rings (SSSR count). The second kappa shape index (κ2) is 7.68. The fourth-order valence-electron chi connectivity index (χ4n) is 2.20. The van der Waals surface area contributed by atoms with Crippen molar-refractivity contribution in [1.82, 2.24) is 15.5 Å². The van der Waals surface area contributed by atoms with Crippen LogP contribution in [-0.2, 0) is 14.3 Å². The summed E-state index contributed by atoms with van der Waals surface area (Å²) < 4.78 is 10.8. The predicted octanol–water partition coefficient (Wildman–Crippen LogP) is -1.19. The lowest BCUT2D eigenvalue weighted by atomic mass is 10.3. The maximum absolute atomic E-state index is 11.8. The molecule has 2 N–H and O–H groups in total. The van der Waals surface area contributed by atoms with Gasteiger partial charge in [0.2, 0.25) is 5.91 Å². The molecule has 0 aromatic heterocycles. The van der Waals surface area contributed by atoms with Crippen LogP contribution >= 0.6 is 0 Å². The zero-order chi connectivity index (χ0) is 12.6. The Morgan fingerprint density at radius 2 is 2.28 bits per heavy atom. The molecule has 6 nitrogen and oxygen atoms in total. The molecule has 0 aromatic rings. The zero-order valence-corrected chi connectivity index (χ0v) is 10.8. The van der Waals surface area contributed by atoms with Gasteiger partial charge in [-0.25, -0.2) is 0 Å². The van der Waals surface area contributed by atoms with Gasteiger partial charge in [0.25, 0.3) is 0 Å². The molecule has 0 aliphatic carbocycles. The van der Waals surface area contributed by atoms with E-state index in [1.54, 1.807) is 0 Å². The van der Waals surface area contributed by atoms with Crippen molar-refractivity contribution in [2.75, 3.05) is 59.1 Å². The van der Waals surface area contributed by atoms with E-state index < -0.39 is 0 Å². The van der Waals surface area contributed by atoms with Crippen LogP contribution in [-0.4, -0.2) is 76.0 Å². The summed E-state index contributed by atoms with van der Waals surface area (Å²) in [4.78, 5) is 14.0. The van der Waals surface area contributed by atoms with Gasteiger partial charge in [-0.1, -0.05) is 0 Å². The van der Waals surface area contributed by atoms with E-state index in [1.165, 1.54) is 0 Å². The van der Waals surface area contributed by atoms with Gasteiger partial charge in [-0.05, 0) is 19.5 Å². The average molecular weight is 257 g/mol. The number of nitrogens with zero attached hydrogens (tertiary/aromatic N) is 1. The smallest absolute Gasteiger partial charge is 0.234 e. The first-order chi connectivity index (χ1) is 8.84. The summed E-state index contributed by atoms with van der Waals surface area (Å²) in [5.74, 6) is 0.0751. The van der Waals surface area contributed by atoms with Gasteiger partial charge in [0.05, 0.1) is 32.5 Å². The van der Waals surface area contributed by atoms with Crippen molar-refractivity contribution in [3.8, 4) is 0 Å². The number of amides is 1. The number of hydrogen-bond acceptors (Lipinski definition) is 5. The minimum Gasteiger partial charge on any atom is -0.376 e. The molecular formula is C12H23N3O3. The monoisotopic (exact) mass is 257 g/mol. The van der Waals surface area contributed by atoms with Crippen LogP contribution in [0, 0.1) is 0 Å². The molecule has 104 valence electrons. The average Bonchev–Trinajstić information content (AvgIpc) is 2.66. The molecule has 0 radical (unpaired) electrons. The first-order valence-corrected chi connectivity index (χ1v) is 6.74. The molecule has 1 amide bonds. The zero-order valence-electron chi connectivity index (χ0n) is 10.8. The highest BCUT2D eigenvalue weighted by molar-refractivity contribution is 5.78. The van der Waals surface area contributed by atoms with E-state index in [4.69, 9.17) is 9.47 Å². The second-order valence-corrected chi connectivity index (χ2v) is 4.75. The third-order valence-electron chi connectivity index (χ3n) is 3.21. The van der Waals surface area contributed by atoms with Crippen LogP contribution < -0.4 is 10.6 Å². The number of carbonyl (C=O) groups is 1. The summed E-state index contributed by atoms with van der Waals surface area (Å²) in [5, 5.41) is 6.24. The Hall–Kier alpha value is -0.690. The molecule has 2 saturated heterocycles. The number of nitrogens with one attached hydrogen (secondary N) is 2. The fraction of sp³-hybridized carbons (Fsp3) is 0.917. The molecule has 2 aliphatic rings. The number of ether oxygens (including phenoxy) is 2. The molecule has 0 spiro atoms. The molecular weight excluding hydrogens is 234 g/mol. The lowest BCUT2D eigenvalue weighted by Crippen LogP contribution is -2.44. The Morgan fingerprint density at radius 1 is 1.33 bits per heavy atom. The molecule has 18 heavy (non-hydrogen) atoms. The van der Waals surface area contributed by atoms with E-state index in [2.05, 4.69) is 15.5 Å². The SMILES string of the molecule is O=C(CN1CCCNCC1)NCC1COCCO1. The third-order valence-corrected chi connectivity index (χ3v) is 3.21. The molecule has 2 aliphatic heterocycles. The highest BCUT2D eigenvalue weighted by Gasteiger charge is 2.17. The van der Waals surface area contributed by atoms with E-state index in [0.717, 1.165) is 32.6 Å². The topological polar surface area (TPSA) is 62.8 Å². The van der Waals surface area contributed by atoms with Crippen LogP contribution in [0.2, 0.25) is 0 Å². The molecule has 2 fully saturated rings. The molecule has 1 unspecified atom stereocenters. The predicted molar refractivity (Wildman–Crippen MR) is 67.5 cm³/mol. The first-order valence-electron chi connectivity index (χ1n) is 6.74. The Morgan fingerprint density at radius 3 is 3.11 bits per heavy atom. The molecule has 0 aromatic carbocycles. The lowest BCUT2D eigenvalue weighted by Gasteiger charge is -2.24. The quantitative estimate of drug-likeness (QED) is 0.663. The normalized spacial score (nSPS) is 26.6. The Balaban J connectivity index is 1.61. The highest BCUT2D eigenvalue weighted by atomic mass is 16.6. The van der Waals surface area contributed by atoms with Crippen molar-refractivity contribution in [2.24, 2.45) is 0 Å². The highest BCUT2D eigenvalue weighted by Crippen LogP contribution is 1.99. The van der Waals surface area contributed by atoms with Crippen LogP contribution in [0.15, 0.2) is 0 Å². The standard InChI is InChI=1S/C12H23N3O3/c16-12(9-15-4-1-2-13-3-5-15)14-8-11-10-17-6-7-18-11/h11,13H,1-10H2,(H,14,16). The maximum Gasteiger partial charge on any atom is 0.234 e. The minimum absolute atomic E-state index is 0.00787. The summed E-state index contributed by atoms with van der Waals surface area (Å²) in [6.07, 6.45) is 1.11. The largest absolute Gasteiger partial charge is 0.376 e. The van der Waals surface area contributed by atoms with Crippen LogP contribution in [0.1, 0.15) is 6.42 Å². The molecule has 1 atom stereocenters. The molecule has 2 heterocycles. The maximum atomic E-state index is 11.8. The molecule has 0 saturated carbocycles. The molecule has 6 heteroatoms. The number of hydrogen-bond donors (Lipinski definition) is 2. The van der Waals surface area contributed by atoms with Gasteiger partial charge in [0.15, 0.2) is 0 Å². The van der Waals surface area contributed by atoms with Crippen molar-refractivity contribution in [3.63, 3.8) is 0 Å². The minimum atomic E-state index is 0.00787. The van der Waals surface area contributed by atoms with Crippen molar-refractivity contribution < 1.29 is 14.3 Å². The molecule has 0 bridgehead atoms. The summed E-state index contributed by atoms with van der Waals surface area (Å²) in [6.45, 7) is 6.83. The van der Waals surface area contributed by atoms with Gasteiger partial charge >= 0.3 is 0 Å². The van der Waals surface area contributed by atoms with Crippen molar-refractivity contribution >= 4 is 5.91 Å². The summed E-state index contributed by atoms with van der Waals surface area (Å²) in [5.41, 5.74) is 0. The van der Waals surface area contributed by atoms with Gasteiger partial charge in [-0.15, -0.1) is 0 Å². The van der Waals surface area contributed by atoms with Crippen LogP contribution in [0.4, 0.5) is 0 Å². The van der Waals surface area contributed by atoms with Crippen molar-refractivity contribution in [3.05, 3.63) is 0 Å². The van der Waals surface area contributed by atoms with Gasteiger partial charge in [0, 0.05) is 19.6 Å². The Kier molecular flexibility index (Phi) is 5.86. The van der Waals surface area contributed by atoms with Crippen molar-refractivity contribution in [1.29, 1.82) is 0 Å². The Labute approximate surface area is 108 Å². The van der Waals surface area contributed by atoms with E-state index in [1.807, 2.05) is 0 Å². The van der Waals surface area contributed by atoms with Gasteiger partial charge < -0.3 is 20.1 Å². The van der Waals surface area contributed by atoms with E-state index in [-0.39, 0.29) is 12.0 Å². The third kappa shape index (κ3) is 4.89. The van der Waals surface area contributed by atoms with E-state index in [0.29, 0.717) is 32.9 Å².